The maximum absolute atomic E-state index is 13.6. The third kappa shape index (κ3) is 3.90. The number of halogens is 2. The fourth-order valence-electron chi connectivity index (χ4n) is 2.50. The van der Waals surface area contributed by atoms with Gasteiger partial charge in [0, 0.05) is 19.2 Å². The summed E-state index contributed by atoms with van der Waals surface area (Å²) in [7, 11) is -2.06. The van der Waals surface area contributed by atoms with Crippen LogP contribution in [-0.4, -0.2) is 40.0 Å². The largest absolute Gasteiger partial charge is 0.396 e. The quantitative estimate of drug-likeness (QED) is 0.817. The van der Waals surface area contributed by atoms with Crippen LogP contribution in [0.3, 0.4) is 0 Å². The van der Waals surface area contributed by atoms with Gasteiger partial charge in [-0.25, -0.2) is 21.9 Å². The van der Waals surface area contributed by atoms with Crippen molar-refractivity contribution in [2.24, 2.45) is 5.92 Å². The molecule has 1 unspecified atom stereocenters. The van der Waals surface area contributed by atoms with Gasteiger partial charge < -0.3 is 10.6 Å². The van der Waals surface area contributed by atoms with Crippen molar-refractivity contribution < 1.29 is 17.2 Å². The Labute approximate surface area is 123 Å². The van der Waals surface area contributed by atoms with Crippen molar-refractivity contribution in [2.45, 2.75) is 17.7 Å². The molecule has 0 radical (unpaired) electrons. The molecule has 1 atom stereocenters. The summed E-state index contributed by atoms with van der Waals surface area (Å²) in [5.41, 5.74) is 4.91. The zero-order valence-electron chi connectivity index (χ0n) is 11.8. The second-order valence-corrected chi connectivity index (χ2v) is 7.16. The van der Waals surface area contributed by atoms with E-state index in [0.29, 0.717) is 6.07 Å². The molecule has 1 aromatic rings. The lowest BCUT2D eigenvalue weighted by Gasteiger charge is -2.29. The first kappa shape index (κ1) is 16.1. The fraction of sp³-hybridized carbons (Fsp3) is 0.538. The van der Waals surface area contributed by atoms with Crippen molar-refractivity contribution >= 4 is 15.7 Å². The summed E-state index contributed by atoms with van der Waals surface area (Å²) in [6.07, 6.45) is 1.92. The average molecular weight is 319 g/mol. The number of hydrogen-bond acceptors (Lipinski definition) is 4. The zero-order chi connectivity index (χ0) is 15.6. The zero-order valence-corrected chi connectivity index (χ0v) is 12.6. The summed E-state index contributed by atoms with van der Waals surface area (Å²) in [5, 5.41) is 0. The molecule has 0 aliphatic carbocycles. The molecule has 0 spiro atoms. The van der Waals surface area contributed by atoms with Crippen molar-refractivity contribution in [2.75, 3.05) is 32.4 Å². The van der Waals surface area contributed by atoms with Crippen molar-refractivity contribution in [3.05, 3.63) is 23.8 Å². The number of nitrogens with zero attached hydrogens (tertiary/aromatic N) is 1. The SMILES string of the molecule is CN1CCCC(CNS(=O)(=O)c2cc(N)c(F)cc2F)C1. The molecule has 5 nitrogen and oxygen atoms in total. The Morgan fingerprint density at radius 1 is 1.38 bits per heavy atom. The number of anilines is 1. The highest BCUT2D eigenvalue weighted by Crippen LogP contribution is 2.21. The van der Waals surface area contributed by atoms with E-state index >= 15 is 0 Å². The molecule has 0 bridgehead atoms. The van der Waals surface area contributed by atoms with Crippen LogP contribution in [0, 0.1) is 17.6 Å². The predicted octanol–water partition coefficient (Wildman–Crippen LogP) is 1.17. The van der Waals surface area contributed by atoms with Gasteiger partial charge in [-0.05, 0) is 38.4 Å². The van der Waals surface area contributed by atoms with Crippen LogP contribution in [0.15, 0.2) is 17.0 Å². The van der Waals surface area contributed by atoms with Gasteiger partial charge in [-0.3, -0.25) is 0 Å². The number of hydrogen-bond donors (Lipinski definition) is 2. The van der Waals surface area contributed by atoms with Crippen LogP contribution < -0.4 is 10.5 Å². The highest BCUT2D eigenvalue weighted by Gasteiger charge is 2.24. The minimum Gasteiger partial charge on any atom is -0.396 e. The Bertz CT molecular complexity index is 622. The second-order valence-electron chi connectivity index (χ2n) is 5.43. The number of benzene rings is 1. The van der Waals surface area contributed by atoms with Gasteiger partial charge >= 0.3 is 0 Å². The molecule has 3 N–H and O–H groups in total. The first-order valence-electron chi connectivity index (χ1n) is 6.72. The van der Waals surface area contributed by atoms with E-state index in [1.807, 2.05) is 7.05 Å². The summed E-state index contributed by atoms with van der Waals surface area (Å²) >= 11 is 0. The highest BCUT2D eigenvalue weighted by molar-refractivity contribution is 7.89. The molecule has 21 heavy (non-hydrogen) atoms. The highest BCUT2D eigenvalue weighted by atomic mass is 32.2. The number of sulfonamides is 1. The van der Waals surface area contributed by atoms with Crippen molar-refractivity contribution in [3.8, 4) is 0 Å². The van der Waals surface area contributed by atoms with Crippen LogP contribution >= 0.6 is 0 Å². The van der Waals surface area contributed by atoms with E-state index in [0.717, 1.165) is 32.0 Å². The first-order chi connectivity index (χ1) is 9.79. The molecular weight excluding hydrogens is 300 g/mol. The Morgan fingerprint density at radius 2 is 2.10 bits per heavy atom. The number of rotatable bonds is 4. The predicted molar refractivity (Wildman–Crippen MR) is 76.2 cm³/mol. The minimum atomic E-state index is -4.04. The maximum Gasteiger partial charge on any atom is 0.243 e. The molecule has 1 aliphatic rings. The van der Waals surface area contributed by atoms with Crippen LogP contribution in [-0.2, 0) is 10.0 Å². The van der Waals surface area contributed by atoms with Gasteiger partial charge in [-0.1, -0.05) is 0 Å². The van der Waals surface area contributed by atoms with Crippen molar-refractivity contribution in [1.29, 1.82) is 0 Å². The molecule has 1 fully saturated rings. The van der Waals surface area contributed by atoms with Crippen molar-refractivity contribution in [3.63, 3.8) is 0 Å². The van der Waals surface area contributed by atoms with Crippen molar-refractivity contribution in [1.82, 2.24) is 9.62 Å². The van der Waals surface area contributed by atoms with E-state index in [1.165, 1.54) is 0 Å². The average Bonchev–Trinajstić information content (AvgIpc) is 2.41. The Balaban J connectivity index is 2.10. The number of likely N-dealkylation sites (tertiary alicyclic amines) is 1. The molecular formula is C13H19F2N3O2S. The molecule has 1 aromatic carbocycles. The van der Waals surface area contributed by atoms with Crippen LogP contribution in [0.1, 0.15) is 12.8 Å². The topological polar surface area (TPSA) is 75.4 Å². The summed E-state index contributed by atoms with van der Waals surface area (Å²) in [6, 6.07) is 1.29. The Morgan fingerprint density at radius 3 is 2.76 bits per heavy atom. The van der Waals surface area contributed by atoms with Gasteiger partial charge in [-0.15, -0.1) is 0 Å². The number of piperidine rings is 1. The normalized spacial score (nSPS) is 20.6. The molecule has 0 aromatic heterocycles. The van der Waals surface area contributed by atoms with Crippen LogP contribution in [0.2, 0.25) is 0 Å². The van der Waals surface area contributed by atoms with Gasteiger partial charge in [0.05, 0.1) is 5.69 Å². The second kappa shape index (κ2) is 6.25. The van der Waals surface area contributed by atoms with Gasteiger partial charge in [-0.2, -0.15) is 0 Å². The van der Waals surface area contributed by atoms with Crippen LogP contribution in [0.5, 0.6) is 0 Å². The molecule has 8 heteroatoms. The maximum atomic E-state index is 13.6. The first-order valence-corrected chi connectivity index (χ1v) is 8.20. The van der Waals surface area contributed by atoms with Gasteiger partial charge in [0.1, 0.15) is 16.5 Å². The summed E-state index contributed by atoms with van der Waals surface area (Å²) in [4.78, 5) is 1.50. The fourth-order valence-corrected chi connectivity index (χ4v) is 3.70. The third-order valence-corrected chi connectivity index (χ3v) is 5.06. The molecule has 1 saturated heterocycles. The van der Waals surface area contributed by atoms with E-state index in [1.54, 1.807) is 0 Å². The van der Waals surface area contributed by atoms with E-state index in [-0.39, 0.29) is 12.5 Å². The molecule has 1 heterocycles. The molecule has 1 aliphatic heterocycles. The Hall–Kier alpha value is -1.25. The van der Waals surface area contributed by atoms with Crippen LogP contribution in [0.4, 0.5) is 14.5 Å². The minimum absolute atomic E-state index is 0.180. The number of nitrogens with one attached hydrogen (secondary N) is 1. The number of nitrogen functional groups attached to an aromatic ring is 1. The molecule has 2 rings (SSSR count). The third-order valence-electron chi connectivity index (χ3n) is 3.62. The van der Waals surface area contributed by atoms with E-state index < -0.39 is 32.2 Å². The number of nitrogens with two attached hydrogens (primary N) is 1. The van der Waals surface area contributed by atoms with Gasteiger partial charge in [0.15, 0.2) is 0 Å². The summed E-state index contributed by atoms with van der Waals surface area (Å²) in [6.45, 7) is 2.01. The molecule has 0 saturated carbocycles. The molecule has 0 amide bonds. The summed E-state index contributed by atoms with van der Waals surface area (Å²) < 4.78 is 53.3. The monoisotopic (exact) mass is 319 g/mol. The smallest absolute Gasteiger partial charge is 0.243 e. The standard InChI is InChI=1S/C13H19F2N3O2S/c1-18-4-2-3-9(8-18)7-17-21(19,20)13-6-12(16)10(14)5-11(13)15/h5-6,9,17H,2-4,7-8,16H2,1H3. The lowest BCUT2D eigenvalue weighted by atomic mass is 9.99. The van der Waals surface area contributed by atoms with Gasteiger partial charge in [0.25, 0.3) is 0 Å². The lowest BCUT2D eigenvalue weighted by molar-refractivity contribution is 0.211. The Kier molecular flexibility index (Phi) is 4.80. The van der Waals surface area contributed by atoms with E-state index in [9.17, 15) is 17.2 Å². The molecule has 118 valence electrons. The summed E-state index contributed by atoms with van der Waals surface area (Å²) in [5.74, 6) is -1.94. The lowest BCUT2D eigenvalue weighted by Crippen LogP contribution is -2.39. The van der Waals surface area contributed by atoms with E-state index in [4.69, 9.17) is 5.73 Å². The van der Waals surface area contributed by atoms with Gasteiger partial charge in [0.2, 0.25) is 10.0 Å². The van der Waals surface area contributed by atoms with E-state index in [2.05, 4.69) is 9.62 Å². The van der Waals surface area contributed by atoms with Crippen LogP contribution in [0.25, 0.3) is 0 Å².